The smallest absolute Gasteiger partial charge is 0.253 e. The van der Waals surface area contributed by atoms with Gasteiger partial charge in [-0.3, -0.25) is 4.79 Å². The number of aromatic nitrogens is 1. The molecule has 0 saturated heterocycles. The average Bonchev–Trinajstić information content (AvgIpc) is 2.87. The van der Waals surface area contributed by atoms with E-state index >= 15 is 0 Å². The Morgan fingerprint density at radius 1 is 0.829 bits per heavy atom. The van der Waals surface area contributed by atoms with E-state index in [2.05, 4.69) is 23.7 Å². The third-order valence-corrected chi connectivity index (χ3v) is 6.78. The van der Waals surface area contributed by atoms with Crippen molar-refractivity contribution in [3.8, 4) is 5.75 Å². The largest absolute Gasteiger partial charge is 0.492 e. The van der Waals surface area contributed by atoms with Crippen LogP contribution in [0.3, 0.4) is 0 Å². The summed E-state index contributed by atoms with van der Waals surface area (Å²) in [7, 11) is 0. The van der Waals surface area contributed by atoms with Gasteiger partial charge in [0.15, 0.2) is 6.20 Å². The Morgan fingerprint density at radius 2 is 1.49 bits per heavy atom. The second-order valence-corrected chi connectivity index (χ2v) is 9.80. The highest BCUT2D eigenvalue weighted by atomic mass is 35.5. The molecule has 1 N–H and O–H groups in total. The monoisotopic (exact) mass is 501 g/mol. The first-order valence-electron chi connectivity index (χ1n) is 13.8. The number of hydrogen-bond donors (Lipinski definition) is 1. The van der Waals surface area contributed by atoms with Crippen LogP contribution < -0.4 is 14.6 Å². The van der Waals surface area contributed by atoms with E-state index in [-0.39, 0.29) is 5.91 Å². The van der Waals surface area contributed by atoms with Crippen molar-refractivity contribution in [2.24, 2.45) is 0 Å². The molecular formula is C30H46ClN2O2+. The standard InChI is InChI=1S/C30H45ClN2O2/c1-3-5-6-7-8-9-10-11-12-13-14-17-24-35-28-21-18-20-27(29(28)31)30(34)32-25-26-19-15-16-23-33(26)22-4-2/h15-16,18-21,23H,3-14,17,22,24-25H2,1-2H3/p+1. The molecule has 1 heterocycles. The predicted molar refractivity (Wildman–Crippen MR) is 146 cm³/mol. The molecular weight excluding hydrogens is 456 g/mol. The molecule has 0 atom stereocenters. The quantitative estimate of drug-likeness (QED) is 0.156. The number of pyridine rings is 1. The lowest BCUT2D eigenvalue weighted by atomic mass is 10.1. The Balaban J connectivity index is 1.65. The molecule has 35 heavy (non-hydrogen) atoms. The normalized spacial score (nSPS) is 10.9. The van der Waals surface area contributed by atoms with Crippen LogP contribution in [-0.2, 0) is 13.1 Å². The fraction of sp³-hybridized carbons (Fsp3) is 0.600. The van der Waals surface area contributed by atoms with Crippen LogP contribution in [0.25, 0.3) is 0 Å². The molecule has 194 valence electrons. The molecule has 4 nitrogen and oxygen atoms in total. The maximum atomic E-state index is 12.8. The van der Waals surface area contributed by atoms with Crippen LogP contribution in [0.2, 0.25) is 5.02 Å². The van der Waals surface area contributed by atoms with E-state index in [0.717, 1.165) is 25.1 Å². The molecule has 2 rings (SSSR count). The minimum Gasteiger partial charge on any atom is -0.492 e. The number of nitrogens with one attached hydrogen (secondary N) is 1. The van der Waals surface area contributed by atoms with Crippen LogP contribution in [0.15, 0.2) is 42.6 Å². The van der Waals surface area contributed by atoms with Crippen molar-refractivity contribution in [1.82, 2.24) is 5.32 Å². The molecule has 1 aromatic heterocycles. The van der Waals surface area contributed by atoms with Crippen molar-refractivity contribution in [3.05, 3.63) is 58.9 Å². The van der Waals surface area contributed by atoms with Gasteiger partial charge in [0.25, 0.3) is 5.91 Å². The van der Waals surface area contributed by atoms with E-state index in [9.17, 15) is 4.79 Å². The third kappa shape index (κ3) is 11.5. The summed E-state index contributed by atoms with van der Waals surface area (Å²) in [4.78, 5) is 12.8. The van der Waals surface area contributed by atoms with E-state index in [1.54, 1.807) is 6.07 Å². The van der Waals surface area contributed by atoms with Gasteiger partial charge in [0.1, 0.15) is 18.8 Å². The summed E-state index contributed by atoms with van der Waals surface area (Å²) in [6.45, 7) is 6.43. The van der Waals surface area contributed by atoms with Gasteiger partial charge >= 0.3 is 0 Å². The number of halogens is 1. The number of carbonyl (C=O) groups is 1. The SMILES string of the molecule is CCCCCCCCCCCCCCOc1cccc(C(=O)NCc2cccc[n+]2CCC)c1Cl. The molecule has 0 aliphatic carbocycles. The molecule has 5 heteroatoms. The second kappa shape index (κ2) is 18.2. The zero-order valence-corrected chi connectivity index (χ0v) is 22.8. The van der Waals surface area contributed by atoms with Crippen molar-refractivity contribution in [3.63, 3.8) is 0 Å². The molecule has 2 aromatic rings. The number of hydrogen-bond acceptors (Lipinski definition) is 2. The molecule has 0 aliphatic rings. The van der Waals surface area contributed by atoms with Crippen molar-refractivity contribution < 1.29 is 14.1 Å². The van der Waals surface area contributed by atoms with Gasteiger partial charge in [0.05, 0.1) is 17.2 Å². The molecule has 0 saturated carbocycles. The van der Waals surface area contributed by atoms with Crippen molar-refractivity contribution in [1.29, 1.82) is 0 Å². The minimum atomic E-state index is -0.183. The average molecular weight is 502 g/mol. The first-order chi connectivity index (χ1) is 17.2. The van der Waals surface area contributed by atoms with Crippen molar-refractivity contribution in [2.75, 3.05) is 6.61 Å². The summed E-state index contributed by atoms with van der Waals surface area (Å²) >= 11 is 6.53. The number of ether oxygens (including phenoxy) is 1. The van der Waals surface area contributed by atoms with E-state index in [4.69, 9.17) is 16.3 Å². The maximum Gasteiger partial charge on any atom is 0.253 e. The first-order valence-corrected chi connectivity index (χ1v) is 14.2. The van der Waals surface area contributed by atoms with E-state index in [1.165, 1.54) is 70.6 Å². The van der Waals surface area contributed by atoms with E-state index in [0.29, 0.717) is 29.5 Å². The predicted octanol–water partition coefficient (Wildman–Crippen LogP) is 8.05. The fourth-order valence-electron chi connectivity index (χ4n) is 4.32. The second-order valence-electron chi connectivity index (χ2n) is 9.42. The molecule has 1 amide bonds. The maximum absolute atomic E-state index is 12.8. The summed E-state index contributed by atoms with van der Waals surface area (Å²) in [5, 5.41) is 3.39. The Bertz CT molecular complexity index is 856. The fourth-order valence-corrected chi connectivity index (χ4v) is 4.59. The third-order valence-electron chi connectivity index (χ3n) is 6.39. The lowest BCUT2D eigenvalue weighted by Gasteiger charge is -2.11. The van der Waals surface area contributed by atoms with Crippen molar-refractivity contribution in [2.45, 2.75) is 110 Å². The van der Waals surface area contributed by atoms with Crippen molar-refractivity contribution >= 4 is 17.5 Å². The van der Waals surface area contributed by atoms with Crippen LogP contribution in [-0.4, -0.2) is 12.5 Å². The number of carbonyl (C=O) groups excluding carboxylic acids is 1. The van der Waals surface area contributed by atoms with E-state index in [1.807, 2.05) is 36.5 Å². The molecule has 0 bridgehead atoms. The molecule has 1 aromatic carbocycles. The van der Waals surface area contributed by atoms with Gasteiger partial charge in [0.2, 0.25) is 5.69 Å². The number of amides is 1. The lowest BCUT2D eigenvalue weighted by molar-refractivity contribution is -0.704. The first kappa shape index (κ1) is 29.2. The molecule has 0 spiro atoms. The minimum absolute atomic E-state index is 0.183. The topological polar surface area (TPSA) is 42.2 Å². The molecule has 0 unspecified atom stereocenters. The summed E-state index contributed by atoms with van der Waals surface area (Å²) < 4.78 is 8.08. The summed E-state index contributed by atoms with van der Waals surface area (Å²) in [5.41, 5.74) is 1.52. The Morgan fingerprint density at radius 3 is 2.14 bits per heavy atom. The van der Waals surface area contributed by atoms with Gasteiger partial charge in [-0.2, -0.15) is 0 Å². The number of unbranched alkanes of at least 4 members (excludes halogenated alkanes) is 11. The van der Waals surface area contributed by atoms with Gasteiger partial charge in [-0.05, 0) is 18.6 Å². The van der Waals surface area contributed by atoms with Crippen LogP contribution in [0, 0.1) is 0 Å². The summed E-state index contributed by atoms with van der Waals surface area (Å²) in [6.07, 6.45) is 18.9. The summed E-state index contributed by atoms with van der Waals surface area (Å²) in [5.74, 6) is 0.404. The van der Waals surface area contributed by atoms with Crippen LogP contribution in [0.5, 0.6) is 5.75 Å². The Labute approximate surface area is 218 Å². The highest BCUT2D eigenvalue weighted by molar-refractivity contribution is 6.35. The van der Waals surface area contributed by atoms with Gasteiger partial charge in [-0.1, -0.05) is 108 Å². The zero-order chi connectivity index (χ0) is 25.1. The number of nitrogens with zero attached hydrogens (tertiary/aromatic N) is 1. The highest BCUT2D eigenvalue weighted by Crippen LogP contribution is 2.28. The number of aryl methyl sites for hydroxylation is 1. The summed E-state index contributed by atoms with van der Waals surface area (Å²) in [6, 6.07) is 11.5. The van der Waals surface area contributed by atoms with Gasteiger partial charge in [-0.25, -0.2) is 4.57 Å². The van der Waals surface area contributed by atoms with Crippen LogP contribution >= 0.6 is 11.6 Å². The van der Waals surface area contributed by atoms with Gasteiger partial charge < -0.3 is 10.1 Å². The number of rotatable bonds is 19. The van der Waals surface area contributed by atoms with E-state index < -0.39 is 0 Å². The highest BCUT2D eigenvalue weighted by Gasteiger charge is 2.16. The zero-order valence-electron chi connectivity index (χ0n) is 22.0. The molecule has 0 aliphatic heterocycles. The molecule has 0 fully saturated rings. The molecule has 0 radical (unpaired) electrons. The van der Waals surface area contributed by atoms with Crippen LogP contribution in [0.4, 0.5) is 0 Å². The number of benzene rings is 1. The Hall–Kier alpha value is -2.07. The van der Waals surface area contributed by atoms with Gasteiger partial charge in [0, 0.05) is 18.6 Å². The lowest BCUT2D eigenvalue weighted by Crippen LogP contribution is -2.40. The van der Waals surface area contributed by atoms with Gasteiger partial charge in [-0.15, -0.1) is 0 Å². The Kier molecular flexibility index (Phi) is 15.2. The van der Waals surface area contributed by atoms with Crippen LogP contribution in [0.1, 0.15) is 113 Å².